The molecule has 0 saturated carbocycles. The molecular weight excluding hydrogens is 288 g/mol. The molecule has 2 aromatic heterocycles. The first-order valence-corrected chi connectivity index (χ1v) is 7.45. The molecule has 0 saturated heterocycles. The number of anilines is 1. The maximum atomic E-state index is 12.1. The zero-order valence-electron chi connectivity index (χ0n) is 13.4. The molecular formula is C19H18N2O2. The van der Waals surface area contributed by atoms with Crippen molar-refractivity contribution in [1.82, 2.24) is 4.98 Å². The monoisotopic (exact) mass is 306 g/mol. The standard InChI is InChI=1S/C19H18N2O2/c1-12-10-13(2)20-14(3)19(12)21-18(22)9-8-16-11-15-6-4-5-7-17(15)23-16/h4-11H,1-3H3,(H,21,22)/b9-8+. The van der Waals surface area contributed by atoms with E-state index in [1.54, 1.807) is 6.08 Å². The lowest BCUT2D eigenvalue weighted by Gasteiger charge is -2.10. The van der Waals surface area contributed by atoms with Gasteiger partial charge in [0.1, 0.15) is 11.3 Å². The number of aryl methyl sites for hydroxylation is 3. The lowest BCUT2D eigenvalue weighted by atomic mass is 10.1. The highest BCUT2D eigenvalue weighted by atomic mass is 16.3. The number of nitrogens with one attached hydrogen (secondary N) is 1. The Labute approximate surface area is 134 Å². The van der Waals surface area contributed by atoms with E-state index in [0.717, 1.165) is 33.6 Å². The van der Waals surface area contributed by atoms with Crippen molar-refractivity contribution in [2.24, 2.45) is 0 Å². The second-order valence-corrected chi connectivity index (χ2v) is 5.55. The number of fused-ring (bicyclic) bond motifs is 1. The van der Waals surface area contributed by atoms with Crippen LogP contribution in [-0.2, 0) is 4.79 Å². The van der Waals surface area contributed by atoms with Crippen LogP contribution in [0.1, 0.15) is 22.7 Å². The van der Waals surface area contributed by atoms with Gasteiger partial charge in [0.25, 0.3) is 0 Å². The Morgan fingerprint density at radius 1 is 1.17 bits per heavy atom. The van der Waals surface area contributed by atoms with Gasteiger partial charge in [-0.15, -0.1) is 0 Å². The minimum absolute atomic E-state index is 0.206. The SMILES string of the molecule is Cc1cc(C)c(NC(=O)/C=C/c2cc3ccccc3o2)c(C)n1. The summed E-state index contributed by atoms with van der Waals surface area (Å²) in [6.45, 7) is 5.78. The lowest BCUT2D eigenvalue weighted by Crippen LogP contribution is -2.11. The Morgan fingerprint density at radius 3 is 2.70 bits per heavy atom. The smallest absolute Gasteiger partial charge is 0.248 e. The van der Waals surface area contributed by atoms with E-state index in [9.17, 15) is 4.79 Å². The number of carbonyl (C=O) groups is 1. The second-order valence-electron chi connectivity index (χ2n) is 5.55. The summed E-state index contributed by atoms with van der Waals surface area (Å²) in [5, 5.41) is 3.90. The second kappa shape index (κ2) is 6.08. The molecule has 116 valence electrons. The molecule has 23 heavy (non-hydrogen) atoms. The predicted molar refractivity (Wildman–Crippen MR) is 92.3 cm³/mol. The summed E-state index contributed by atoms with van der Waals surface area (Å²) in [5.74, 6) is 0.444. The number of furan rings is 1. The molecule has 3 rings (SSSR count). The van der Waals surface area contributed by atoms with Crippen molar-refractivity contribution < 1.29 is 9.21 Å². The zero-order chi connectivity index (χ0) is 16.4. The van der Waals surface area contributed by atoms with E-state index < -0.39 is 0 Å². The third-order valence-corrected chi connectivity index (χ3v) is 3.62. The van der Waals surface area contributed by atoms with Gasteiger partial charge in [0.15, 0.2) is 0 Å². The van der Waals surface area contributed by atoms with Crippen LogP contribution in [0.25, 0.3) is 17.0 Å². The molecule has 3 aromatic rings. The van der Waals surface area contributed by atoms with E-state index in [1.165, 1.54) is 6.08 Å². The predicted octanol–water partition coefficient (Wildman–Crippen LogP) is 4.40. The van der Waals surface area contributed by atoms with Crippen LogP contribution in [0.3, 0.4) is 0 Å². The molecule has 1 amide bonds. The highest BCUT2D eigenvalue weighted by molar-refractivity contribution is 6.02. The first-order valence-electron chi connectivity index (χ1n) is 7.45. The van der Waals surface area contributed by atoms with Crippen molar-refractivity contribution in [3.8, 4) is 0 Å². The summed E-state index contributed by atoms with van der Waals surface area (Å²) in [6, 6.07) is 11.6. The summed E-state index contributed by atoms with van der Waals surface area (Å²) in [4.78, 5) is 16.5. The molecule has 1 aromatic carbocycles. The number of para-hydroxylation sites is 1. The van der Waals surface area contributed by atoms with Gasteiger partial charge in [-0.2, -0.15) is 0 Å². The van der Waals surface area contributed by atoms with Gasteiger partial charge in [0, 0.05) is 17.2 Å². The highest BCUT2D eigenvalue weighted by Gasteiger charge is 2.07. The quantitative estimate of drug-likeness (QED) is 0.729. The zero-order valence-corrected chi connectivity index (χ0v) is 13.4. The molecule has 0 fully saturated rings. The number of amides is 1. The van der Waals surface area contributed by atoms with Crippen molar-refractivity contribution in [3.05, 3.63) is 65.2 Å². The number of benzene rings is 1. The lowest BCUT2D eigenvalue weighted by molar-refractivity contribution is -0.111. The number of hydrogen-bond acceptors (Lipinski definition) is 3. The minimum atomic E-state index is -0.206. The molecule has 1 N–H and O–H groups in total. The maximum absolute atomic E-state index is 12.1. The normalized spacial score (nSPS) is 11.3. The molecule has 0 radical (unpaired) electrons. The van der Waals surface area contributed by atoms with E-state index in [-0.39, 0.29) is 5.91 Å². The largest absolute Gasteiger partial charge is 0.457 e. The molecule has 0 aliphatic carbocycles. The van der Waals surface area contributed by atoms with Gasteiger partial charge in [0.2, 0.25) is 5.91 Å². The average Bonchev–Trinajstić information content (AvgIpc) is 2.91. The van der Waals surface area contributed by atoms with Gasteiger partial charge in [-0.05, 0) is 50.6 Å². The number of pyridine rings is 1. The number of aromatic nitrogens is 1. The Bertz CT molecular complexity index is 851. The van der Waals surface area contributed by atoms with Crippen molar-refractivity contribution in [2.75, 3.05) is 5.32 Å². The van der Waals surface area contributed by atoms with E-state index in [1.807, 2.05) is 57.2 Å². The van der Waals surface area contributed by atoms with E-state index in [0.29, 0.717) is 5.76 Å². The van der Waals surface area contributed by atoms with Crippen molar-refractivity contribution in [1.29, 1.82) is 0 Å². The first kappa shape index (κ1) is 15.0. The maximum Gasteiger partial charge on any atom is 0.248 e. The minimum Gasteiger partial charge on any atom is -0.457 e. The van der Waals surface area contributed by atoms with Crippen LogP contribution >= 0.6 is 0 Å². The van der Waals surface area contributed by atoms with E-state index in [2.05, 4.69) is 10.3 Å². The Hall–Kier alpha value is -2.88. The topological polar surface area (TPSA) is 55.1 Å². The Balaban J connectivity index is 1.76. The molecule has 4 heteroatoms. The van der Waals surface area contributed by atoms with Crippen LogP contribution in [0.5, 0.6) is 0 Å². The molecule has 2 heterocycles. The summed E-state index contributed by atoms with van der Waals surface area (Å²) in [6.07, 6.45) is 3.14. The van der Waals surface area contributed by atoms with Gasteiger partial charge in [-0.3, -0.25) is 9.78 Å². The van der Waals surface area contributed by atoms with E-state index >= 15 is 0 Å². The van der Waals surface area contributed by atoms with Crippen LogP contribution in [-0.4, -0.2) is 10.9 Å². The van der Waals surface area contributed by atoms with Gasteiger partial charge in [0.05, 0.1) is 11.4 Å². The van der Waals surface area contributed by atoms with Crippen molar-refractivity contribution in [3.63, 3.8) is 0 Å². The summed E-state index contributed by atoms with van der Waals surface area (Å²) < 4.78 is 5.65. The molecule has 0 unspecified atom stereocenters. The fourth-order valence-electron chi connectivity index (χ4n) is 2.62. The molecule has 0 spiro atoms. The van der Waals surface area contributed by atoms with Gasteiger partial charge in [-0.1, -0.05) is 18.2 Å². The van der Waals surface area contributed by atoms with Crippen LogP contribution in [0.2, 0.25) is 0 Å². The van der Waals surface area contributed by atoms with Crippen LogP contribution in [0, 0.1) is 20.8 Å². The Morgan fingerprint density at radius 2 is 1.96 bits per heavy atom. The third-order valence-electron chi connectivity index (χ3n) is 3.62. The Kier molecular flexibility index (Phi) is 3.98. The fourth-order valence-corrected chi connectivity index (χ4v) is 2.62. The van der Waals surface area contributed by atoms with Gasteiger partial charge < -0.3 is 9.73 Å². The van der Waals surface area contributed by atoms with Crippen molar-refractivity contribution >= 4 is 28.6 Å². The summed E-state index contributed by atoms with van der Waals surface area (Å²) in [5.41, 5.74) is 4.32. The summed E-state index contributed by atoms with van der Waals surface area (Å²) >= 11 is 0. The average molecular weight is 306 g/mol. The van der Waals surface area contributed by atoms with Crippen LogP contribution in [0.15, 0.2) is 46.9 Å². The molecule has 0 atom stereocenters. The molecule has 4 nitrogen and oxygen atoms in total. The number of hydrogen-bond donors (Lipinski definition) is 1. The molecule has 0 bridgehead atoms. The summed E-state index contributed by atoms with van der Waals surface area (Å²) in [7, 11) is 0. The van der Waals surface area contributed by atoms with Crippen molar-refractivity contribution in [2.45, 2.75) is 20.8 Å². The molecule has 0 aliphatic rings. The fraction of sp³-hybridized carbons (Fsp3) is 0.158. The first-order chi connectivity index (χ1) is 11.0. The van der Waals surface area contributed by atoms with E-state index in [4.69, 9.17) is 4.42 Å². The van der Waals surface area contributed by atoms with Gasteiger partial charge in [-0.25, -0.2) is 0 Å². The number of rotatable bonds is 3. The molecule has 0 aliphatic heterocycles. The van der Waals surface area contributed by atoms with Crippen LogP contribution < -0.4 is 5.32 Å². The third kappa shape index (κ3) is 3.31. The van der Waals surface area contributed by atoms with Crippen LogP contribution in [0.4, 0.5) is 5.69 Å². The van der Waals surface area contributed by atoms with Gasteiger partial charge >= 0.3 is 0 Å². The highest BCUT2D eigenvalue weighted by Crippen LogP contribution is 2.21. The number of nitrogens with zero attached hydrogens (tertiary/aromatic N) is 1. The number of carbonyl (C=O) groups excluding carboxylic acids is 1.